The maximum Gasteiger partial charge on any atom is 0.268 e. The Balaban J connectivity index is 1.92. The van der Waals surface area contributed by atoms with Crippen molar-refractivity contribution >= 4 is 11.7 Å². The van der Waals surface area contributed by atoms with Gasteiger partial charge in [0.05, 0.1) is 18.1 Å². The third-order valence-corrected chi connectivity index (χ3v) is 3.23. The van der Waals surface area contributed by atoms with Crippen molar-refractivity contribution in [2.45, 2.75) is 26.8 Å². The van der Waals surface area contributed by atoms with E-state index in [4.69, 9.17) is 5.73 Å². The summed E-state index contributed by atoms with van der Waals surface area (Å²) < 4.78 is 1.99. The Kier molecular flexibility index (Phi) is 4.52. The predicted molar refractivity (Wildman–Crippen MR) is 80.1 cm³/mol. The summed E-state index contributed by atoms with van der Waals surface area (Å²) >= 11 is 0. The Labute approximate surface area is 123 Å². The summed E-state index contributed by atoms with van der Waals surface area (Å²) in [5.74, 6) is 0.0695. The Hall–Kier alpha value is -2.44. The first-order valence-corrected chi connectivity index (χ1v) is 6.81. The Morgan fingerprint density at radius 2 is 2.14 bits per heavy atom. The maximum absolute atomic E-state index is 11.1. The molecule has 0 unspecified atom stereocenters. The van der Waals surface area contributed by atoms with Crippen molar-refractivity contribution < 1.29 is 4.79 Å². The van der Waals surface area contributed by atoms with Gasteiger partial charge in [0.25, 0.3) is 5.91 Å². The minimum absolute atomic E-state index is 0.179. The molecule has 1 amide bonds. The summed E-state index contributed by atoms with van der Waals surface area (Å²) in [7, 11) is 1.91. The van der Waals surface area contributed by atoms with Gasteiger partial charge in [0, 0.05) is 25.8 Å². The lowest BCUT2D eigenvalue weighted by atomic mass is 10.3. The topological polar surface area (TPSA) is 89.9 Å². The molecule has 0 radical (unpaired) electrons. The number of primary amides is 1. The van der Waals surface area contributed by atoms with E-state index in [-0.39, 0.29) is 5.69 Å². The number of nitrogens with two attached hydrogens (primary N) is 1. The molecule has 0 atom stereocenters. The van der Waals surface area contributed by atoms with Gasteiger partial charge >= 0.3 is 0 Å². The van der Waals surface area contributed by atoms with E-state index in [2.05, 4.69) is 21.1 Å². The third-order valence-electron chi connectivity index (χ3n) is 3.23. The van der Waals surface area contributed by atoms with Crippen LogP contribution in [0.2, 0.25) is 0 Å². The minimum atomic E-state index is -0.569. The van der Waals surface area contributed by atoms with Crippen molar-refractivity contribution in [2.75, 3.05) is 18.5 Å². The quantitative estimate of drug-likeness (QED) is 0.853. The number of hydrogen-bond acceptors (Lipinski definition) is 5. The van der Waals surface area contributed by atoms with E-state index >= 15 is 0 Å². The van der Waals surface area contributed by atoms with E-state index in [1.54, 1.807) is 6.20 Å². The van der Waals surface area contributed by atoms with Gasteiger partial charge in [-0.3, -0.25) is 14.5 Å². The summed E-state index contributed by atoms with van der Waals surface area (Å²) in [6.07, 6.45) is 3.91. The van der Waals surface area contributed by atoms with Crippen molar-refractivity contribution in [1.82, 2.24) is 19.7 Å². The van der Waals surface area contributed by atoms with E-state index in [0.717, 1.165) is 30.9 Å². The summed E-state index contributed by atoms with van der Waals surface area (Å²) in [6.45, 7) is 5.66. The number of rotatable bonds is 6. The van der Waals surface area contributed by atoms with Gasteiger partial charge in [-0.1, -0.05) is 0 Å². The lowest BCUT2D eigenvalue weighted by Gasteiger charge is -2.18. The molecule has 0 saturated carbocycles. The first kappa shape index (κ1) is 15.0. The number of nitrogens with zero attached hydrogens (tertiary/aromatic N) is 5. The molecule has 2 aromatic heterocycles. The SMILES string of the molecule is Cc1cc(C)n(CCCN(C)c2cncc(C(N)=O)n2)n1. The van der Waals surface area contributed by atoms with Gasteiger partial charge in [-0.2, -0.15) is 5.10 Å². The van der Waals surface area contributed by atoms with Crippen LogP contribution in [0.15, 0.2) is 18.5 Å². The standard InChI is InChI=1S/C14H20N6O/c1-10-7-11(2)20(18-10)6-4-5-19(3)13-9-16-8-12(17-13)14(15)21/h7-9H,4-6H2,1-3H3,(H2,15,21). The fraction of sp³-hybridized carbons (Fsp3) is 0.429. The molecule has 2 aromatic rings. The largest absolute Gasteiger partial charge is 0.364 e. The lowest BCUT2D eigenvalue weighted by molar-refractivity contribution is 0.0995. The Morgan fingerprint density at radius 1 is 1.38 bits per heavy atom. The van der Waals surface area contributed by atoms with Crippen LogP contribution in [-0.2, 0) is 6.54 Å². The molecule has 2 rings (SSSR count). The smallest absolute Gasteiger partial charge is 0.268 e. The number of anilines is 1. The molecule has 0 aliphatic carbocycles. The molecule has 0 saturated heterocycles. The lowest BCUT2D eigenvalue weighted by Crippen LogP contribution is -2.23. The van der Waals surface area contributed by atoms with Crippen LogP contribution in [0.4, 0.5) is 5.82 Å². The second-order valence-corrected chi connectivity index (χ2v) is 5.05. The number of amides is 1. The summed E-state index contributed by atoms with van der Waals surface area (Å²) in [6, 6.07) is 2.06. The van der Waals surface area contributed by atoms with Crippen LogP contribution in [-0.4, -0.2) is 39.2 Å². The van der Waals surface area contributed by atoms with Gasteiger partial charge in [-0.05, 0) is 26.3 Å². The first-order valence-electron chi connectivity index (χ1n) is 6.81. The van der Waals surface area contributed by atoms with E-state index in [1.165, 1.54) is 6.20 Å². The van der Waals surface area contributed by atoms with Gasteiger partial charge in [-0.15, -0.1) is 0 Å². The molecule has 7 heteroatoms. The number of carbonyl (C=O) groups is 1. The van der Waals surface area contributed by atoms with Crippen molar-refractivity contribution in [3.8, 4) is 0 Å². The highest BCUT2D eigenvalue weighted by Crippen LogP contribution is 2.09. The van der Waals surface area contributed by atoms with E-state index < -0.39 is 5.91 Å². The van der Waals surface area contributed by atoms with Crippen LogP contribution in [0.5, 0.6) is 0 Å². The number of hydrogen-bond donors (Lipinski definition) is 1. The molecular formula is C14H20N6O. The first-order chi connectivity index (χ1) is 9.97. The van der Waals surface area contributed by atoms with E-state index in [1.807, 2.05) is 30.5 Å². The molecule has 2 N–H and O–H groups in total. The molecule has 0 fully saturated rings. The average Bonchev–Trinajstić information content (AvgIpc) is 2.77. The normalized spacial score (nSPS) is 10.6. The van der Waals surface area contributed by atoms with Crippen molar-refractivity contribution in [3.05, 3.63) is 35.5 Å². The summed E-state index contributed by atoms with van der Waals surface area (Å²) in [4.78, 5) is 21.2. The van der Waals surface area contributed by atoms with Crippen molar-refractivity contribution in [2.24, 2.45) is 5.73 Å². The molecule has 0 aliphatic rings. The third kappa shape index (κ3) is 3.77. The molecule has 112 valence electrons. The number of carbonyl (C=O) groups excluding carboxylic acids is 1. The fourth-order valence-electron chi connectivity index (χ4n) is 2.13. The fourth-order valence-corrected chi connectivity index (χ4v) is 2.13. The van der Waals surface area contributed by atoms with Crippen LogP contribution >= 0.6 is 0 Å². The van der Waals surface area contributed by atoms with Crippen LogP contribution in [0.1, 0.15) is 28.3 Å². The van der Waals surface area contributed by atoms with E-state index in [0.29, 0.717) is 5.82 Å². The second-order valence-electron chi connectivity index (χ2n) is 5.05. The summed E-state index contributed by atoms with van der Waals surface area (Å²) in [5.41, 5.74) is 7.57. The molecule has 0 bridgehead atoms. The Bertz CT molecular complexity index is 636. The van der Waals surface area contributed by atoms with Gasteiger partial charge in [0.2, 0.25) is 0 Å². The molecule has 21 heavy (non-hydrogen) atoms. The molecule has 0 aliphatic heterocycles. The summed E-state index contributed by atoms with van der Waals surface area (Å²) in [5, 5.41) is 4.43. The Morgan fingerprint density at radius 3 is 2.76 bits per heavy atom. The maximum atomic E-state index is 11.1. The van der Waals surface area contributed by atoms with Gasteiger partial charge < -0.3 is 10.6 Å². The highest BCUT2D eigenvalue weighted by atomic mass is 16.1. The predicted octanol–water partition coefficient (Wildman–Crippen LogP) is 0.915. The van der Waals surface area contributed by atoms with Gasteiger partial charge in [0.15, 0.2) is 0 Å². The monoisotopic (exact) mass is 288 g/mol. The number of aromatic nitrogens is 4. The molecular weight excluding hydrogens is 268 g/mol. The number of aryl methyl sites for hydroxylation is 3. The second kappa shape index (κ2) is 6.34. The zero-order valence-corrected chi connectivity index (χ0v) is 12.6. The highest BCUT2D eigenvalue weighted by Gasteiger charge is 2.08. The zero-order valence-electron chi connectivity index (χ0n) is 12.6. The molecule has 2 heterocycles. The van der Waals surface area contributed by atoms with Crippen LogP contribution in [0, 0.1) is 13.8 Å². The van der Waals surface area contributed by atoms with Crippen LogP contribution in [0.25, 0.3) is 0 Å². The van der Waals surface area contributed by atoms with Gasteiger partial charge in [0.1, 0.15) is 11.5 Å². The highest BCUT2D eigenvalue weighted by molar-refractivity contribution is 5.90. The van der Waals surface area contributed by atoms with E-state index in [9.17, 15) is 4.79 Å². The van der Waals surface area contributed by atoms with Crippen LogP contribution in [0.3, 0.4) is 0 Å². The van der Waals surface area contributed by atoms with Crippen molar-refractivity contribution in [1.29, 1.82) is 0 Å². The molecule has 0 aromatic carbocycles. The zero-order chi connectivity index (χ0) is 15.4. The van der Waals surface area contributed by atoms with Crippen LogP contribution < -0.4 is 10.6 Å². The minimum Gasteiger partial charge on any atom is -0.364 e. The molecule has 0 spiro atoms. The molecule has 7 nitrogen and oxygen atoms in total. The average molecular weight is 288 g/mol. The van der Waals surface area contributed by atoms with Crippen molar-refractivity contribution in [3.63, 3.8) is 0 Å². The van der Waals surface area contributed by atoms with Gasteiger partial charge in [-0.25, -0.2) is 4.98 Å².